The number of nitrogens with one attached hydrogen (secondary N) is 1. The number of hydrogen-bond acceptors (Lipinski definition) is 16. The summed E-state index contributed by atoms with van der Waals surface area (Å²) in [5, 5.41) is 40.1. The molecule has 0 spiro atoms. The Hall–Kier alpha value is -6.25. The highest BCUT2D eigenvalue weighted by atomic mass is 35.5. The van der Waals surface area contributed by atoms with E-state index in [0.29, 0.717) is 52.3 Å². The van der Waals surface area contributed by atoms with E-state index >= 15 is 0 Å². The molecule has 0 saturated carbocycles. The maximum absolute atomic E-state index is 11.2. The van der Waals surface area contributed by atoms with E-state index in [0.717, 1.165) is 61.2 Å². The Morgan fingerprint density at radius 1 is 0.631 bits per heavy atom. The number of halogens is 2. The first-order chi connectivity index (χ1) is 31.3. The van der Waals surface area contributed by atoms with Crippen LogP contribution in [0.25, 0.3) is 10.0 Å². The molecule has 8 heterocycles. The van der Waals surface area contributed by atoms with Crippen LogP contribution in [-0.4, -0.2) is 67.3 Å². The van der Waals surface area contributed by atoms with Crippen molar-refractivity contribution in [3.05, 3.63) is 149 Å². The minimum absolute atomic E-state index is 0.166. The van der Waals surface area contributed by atoms with Crippen LogP contribution in [0, 0.1) is 41.5 Å². The van der Waals surface area contributed by atoms with Crippen molar-refractivity contribution in [2.45, 2.75) is 86.5 Å². The van der Waals surface area contributed by atoms with Crippen LogP contribution in [-0.2, 0) is 30.7 Å². The molecule has 0 radical (unpaired) electrons. The first-order valence-corrected chi connectivity index (χ1v) is 23.0. The summed E-state index contributed by atoms with van der Waals surface area (Å²) in [6.07, 6.45) is 0.741. The number of hydrogen-bond donors (Lipinski definition) is 2. The maximum atomic E-state index is 11.2. The van der Waals surface area contributed by atoms with Crippen molar-refractivity contribution in [2.24, 2.45) is 15.7 Å². The molecule has 0 fully saturated rings. The molecule has 6 aromatic heterocycles. The number of carbonyl (C=O) groups is 1. The summed E-state index contributed by atoms with van der Waals surface area (Å²) in [5.74, 6) is 4.50. The minimum atomic E-state index is -0.403. The third kappa shape index (κ3) is 8.57. The number of aryl methyl sites for hydroxylation is 4. The van der Waals surface area contributed by atoms with Gasteiger partial charge in [0.05, 0.1) is 37.4 Å². The monoisotopic (exact) mass is 948 g/mol. The van der Waals surface area contributed by atoms with Crippen LogP contribution >= 0.6 is 45.9 Å². The second-order valence-corrected chi connectivity index (χ2v) is 18.8. The Bertz CT molecular complexity index is 3140. The van der Waals surface area contributed by atoms with Crippen molar-refractivity contribution in [1.29, 1.82) is 0 Å². The number of benzene rings is 2. The lowest BCUT2D eigenvalue weighted by molar-refractivity contribution is -0.119. The van der Waals surface area contributed by atoms with Gasteiger partial charge in [-0.1, -0.05) is 47.5 Å². The lowest BCUT2D eigenvalue weighted by Gasteiger charge is -2.11. The summed E-state index contributed by atoms with van der Waals surface area (Å²) in [6.45, 7) is 14.2. The topological polar surface area (TPSA) is 219 Å². The minimum Gasteiger partial charge on any atom is -0.424 e. The third-order valence-corrected chi connectivity index (χ3v) is 14.0. The van der Waals surface area contributed by atoms with E-state index in [1.807, 2.05) is 62.4 Å². The van der Waals surface area contributed by atoms with E-state index < -0.39 is 6.04 Å². The average Bonchev–Trinajstić information content (AvgIpc) is 4.15. The van der Waals surface area contributed by atoms with Crippen LogP contribution < -0.4 is 11.1 Å². The molecule has 0 saturated heterocycles. The largest absolute Gasteiger partial charge is 0.424 e. The number of fused-ring (bicyclic) bond motifs is 6. The number of rotatable bonds is 9. The molecule has 0 unspecified atom stereocenters. The lowest BCUT2D eigenvalue weighted by Crippen LogP contribution is -2.19. The SMILES string of the molecule is CC(=O)NCc1nnc(C[C@@H]2N=C(c3ccc(Cl)cc3)c3c(sc(C)c3C)-n3c(C)nnc32)o1.Cc1sc2c(c1C)C(c1ccc(Cl)cc1)=N[C@@H](Cc1nnc(CN)o1)c1nnc(C)n1-2. The Morgan fingerprint density at radius 3 is 1.46 bits per heavy atom. The fourth-order valence-corrected chi connectivity index (χ4v) is 10.4. The predicted octanol–water partition coefficient (Wildman–Crippen LogP) is 7.95. The molecule has 10 rings (SSSR count). The molecule has 2 atom stereocenters. The summed E-state index contributed by atoms with van der Waals surface area (Å²) in [4.78, 5) is 24.0. The van der Waals surface area contributed by atoms with Gasteiger partial charge in [-0.3, -0.25) is 23.9 Å². The van der Waals surface area contributed by atoms with Gasteiger partial charge >= 0.3 is 0 Å². The quantitative estimate of drug-likeness (QED) is 0.141. The van der Waals surface area contributed by atoms with Crippen LogP contribution in [0.2, 0.25) is 10.0 Å². The molecule has 21 heteroatoms. The molecule has 332 valence electrons. The third-order valence-electron chi connectivity index (χ3n) is 11.1. The van der Waals surface area contributed by atoms with Crippen molar-refractivity contribution >= 4 is 63.2 Å². The maximum Gasteiger partial charge on any atom is 0.235 e. The summed E-state index contributed by atoms with van der Waals surface area (Å²) in [5.41, 5.74) is 13.8. The van der Waals surface area contributed by atoms with Gasteiger partial charge in [0.1, 0.15) is 33.7 Å². The van der Waals surface area contributed by atoms with Crippen molar-refractivity contribution in [2.75, 3.05) is 0 Å². The van der Waals surface area contributed by atoms with Gasteiger partial charge in [-0.25, -0.2) is 0 Å². The summed E-state index contributed by atoms with van der Waals surface area (Å²) in [7, 11) is 0. The summed E-state index contributed by atoms with van der Waals surface area (Å²) >= 11 is 15.7. The van der Waals surface area contributed by atoms with Crippen LogP contribution in [0.5, 0.6) is 0 Å². The first kappa shape index (κ1) is 44.0. The number of aromatic nitrogens is 10. The Kier molecular flexibility index (Phi) is 12.2. The van der Waals surface area contributed by atoms with Gasteiger partial charge in [-0.15, -0.1) is 63.5 Å². The Labute approximate surface area is 390 Å². The Balaban J connectivity index is 0.000000165. The number of thiophene rings is 2. The molecule has 2 aromatic carbocycles. The van der Waals surface area contributed by atoms with Gasteiger partial charge in [0.2, 0.25) is 29.5 Å². The van der Waals surface area contributed by atoms with Gasteiger partial charge in [-0.05, 0) is 76.9 Å². The number of amides is 1. The van der Waals surface area contributed by atoms with Crippen LogP contribution in [0.4, 0.5) is 0 Å². The van der Waals surface area contributed by atoms with Crippen molar-refractivity contribution in [3.8, 4) is 10.0 Å². The molecule has 2 aliphatic rings. The van der Waals surface area contributed by atoms with Crippen molar-refractivity contribution in [1.82, 2.24) is 55.2 Å². The van der Waals surface area contributed by atoms with Crippen molar-refractivity contribution < 1.29 is 13.6 Å². The van der Waals surface area contributed by atoms with E-state index in [1.54, 1.807) is 22.7 Å². The molecule has 0 aliphatic carbocycles. The van der Waals surface area contributed by atoms with Gasteiger partial charge in [0, 0.05) is 49.0 Å². The molecule has 0 bridgehead atoms. The number of aliphatic imine (C=N–C) groups is 2. The van der Waals surface area contributed by atoms with Gasteiger partial charge in [0.25, 0.3) is 0 Å². The lowest BCUT2D eigenvalue weighted by atomic mass is 9.99. The molecular weight excluding hydrogens is 908 g/mol. The Morgan fingerprint density at radius 2 is 1.05 bits per heavy atom. The smallest absolute Gasteiger partial charge is 0.235 e. The van der Waals surface area contributed by atoms with E-state index in [4.69, 9.17) is 47.8 Å². The molecule has 1 amide bonds. The highest BCUT2D eigenvalue weighted by molar-refractivity contribution is 7.15. The molecular formula is C44H42Cl2N14O3S2. The van der Waals surface area contributed by atoms with E-state index in [2.05, 4.69) is 82.9 Å². The molecule has 8 aromatic rings. The summed E-state index contributed by atoms with van der Waals surface area (Å²) < 4.78 is 15.6. The van der Waals surface area contributed by atoms with Crippen LogP contribution in [0.3, 0.4) is 0 Å². The molecule has 17 nitrogen and oxygen atoms in total. The second kappa shape index (κ2) is 18.0. The second-order valence-electron chi connectivity index (χ2n) is 15.5. The zero-order valence-corrected chi connectivity index (χ0v) is 39.5. The predicted molar refractivity (Wildman–Crippen MR) is 248 cm³/mol. The van der Waals surface area contributed by atoms with Gasteiger partial charge < -0.3 is 19.9 Å². The number of nitrogens with two attached hydrogens (primary N) is 1. The fourth-order valence-electron chi connectivity index (χ4n) is 7.69. The highest BCUT2D eigenvalue weighted by Gasteiger charge is 2.34. The normalized spacial score (nSPS) is 15.1. The van der Waals surface area contributed by atoms with Gasteiger partial charge in [-0.2, -0.15) is 0 Å². The standard InChI is InChI=1S/C23H22ClN7O2S.C21H20ClN7OS/c1-11-12(2)34-23-20(11)21(15-5-7-16(24)8-6-15)26-17(22-30-27-13(3)31(22)23)9-18-28-29-19(33-18)10-25-14(4)32;1-10-11(2)31-21-18(10)19(13-4-6-14(22)7-5-13)24-15(20-28-25-12(3)29(20)21)8-16-26-27-17(9-23)30-16/h5-8,17H,9-10H2,1-4H3,(H,25,32);4-7,15H,8-9,23H2,1-3H3/t17-;15-/m00/s1. The zero-order chi connectivity index (χ0) is 45.7. The van der Waals surface area contributed by atoms with Gasteiger partial charge in [0.15, 0.2) is 11.6 Å². The van der Waals surface area contributed by atoms with E-state index in [-0.39, 0.29) is 25.0 Å². The fraction of sp³-hybridized carbons (Fsp3) is 0.295. The van der Waals surface area contributed by atoms with Crippen LogP contribution in [0.15, 0.2) is 67.4 Å². The number of nitrogens with zero attached hydrogens (tertiary/aromatic N) is 12. The molecule has 65 heavy (non-hydrogen) atoms. The summed E-state index contributed by atoms with van der Waals surface area (Å²) in [6, 6.07) is 14.7. The first-order valence-electron chi connectivity index (χ1n) is 20.6. The van der Waals surface area contributed by atoms with E-state index in [9.17, 15) is 4.79 Å². The van der Waals surface area contributed by atoms with Crippen molar-refractivity contribution in [3.63, 3.8) is 0 Å². The highest BCUT2D eigenvalue weighted by Crippen LogP contribution is 2.41. The van der Waals surface area contributed by atoms with E-state index in [1.165, 1.54) is 27.8 Å². The molecule has 2 aliphatic heterocycles. The molecule has 3 N–H and O–H groups in total. The van der Waals surface area contributed by atoms with Crippen LogP contribution in [0.1, 0.15) is 109 Å². The zero-order valence-electron chi connectivity index (χ0n) is 36.3. The average molecular weight is 950 g/mol. The number of carbonyl (C=O) groups excluding carboxylic acids is 1.